The lowest BCUT2D eigenvalue weighted by Gasteiger charge is -2.37. The fourth-order valence-corrected chi connectivity index (χ4v) is 4.29. The van der Waals surface area contributed by atoms with Crippen molar-refractivity contribution in [3.63, 3.8) is 0 Å². The van der Waals surface area contributed by atoms with Gasteiger partial charge in [-0.05, 0) is 61.0 Å². The van der Waals surface area contributed by atoms with E-state index in [1.807, 2.05) is 37.3 Å². The fourth-order valence-electron chi connectivity index (χ4n) is 4.29. The van der Waals surface area contributed by atoms with Gasteiger partial charge in [-0.2, -0.15) is 0 Å². The second kappa shape index (κ2) is 5.79. The quantitative estimate of drug-likeness (QED) is 0.686. The summed E-state index contributed by atoms with van der Waals surface area (Å²) in [6.45, 7) is 12.6. The van der Waals surface area contributed by atoms with Gasteiger partial charge in [0.1, 0.15) is 5.75 Å². The Balaban J connectivity index is 0.000000151. The Morgan fingerprint density at radius 3 is 2.15 bits per heavy atom. The summed E-state index contributed by atoms with van der Waals surface area (Å²) in [6.07, 6.45) is 4.46. The van der Waals surface area contributed by atoms with Crippen LogP contribution in [0.3, 0.4) is 0 Å². The van der Waals surface area contributed by atoms with Crippen LogP contribution in [0.2, 0.25) is 0 Å². The Kier molecular flexibility index (Phi) is 4.46. The molecule has 2 aliphatic rings. The Morgan fingerprint density at radius 1 is 1.15 bits per heavy atom. The van der Waals surface area contributed by atoms with Gasteiger partial charge in [0, 0.05) is 0 Å². The van der Waals surface area contributed by atoms with E-state index in [0.717, 1.165) is 24.2 Å². The zero-order valence-electron chi connectivity index (χ0n) is 13.8. The van der Waals surface area contributed by atoms with Crippen LogP contribution in [0.5, 0.6) is 5.75 Å². The smallest absolute Gasteiger partial charge is 0.119 e. The summed E-state index contributed by atoms with van der Waals surface area (Å²) in [6, 6.07) is 9.80. The van der Waals surface area contributed by atoms with Crippen LogP contribution in [0.15, 0.2) is 30.3 Å². The van der Waals surface area contributed by atoms with Gasteiger partial charge in [-0.15, -0.1) is 0 Å². The highest BCUT2D eigenvalue weighted by Crippen LogP contribution is 2.67. The Hall–Kier alpha value is -0.980. The van der Waals surface area contributed by atoms with Gasteiger partial charge in [-0.1, -0.05) is 45.9 Å². The maximum Gasteiger partial charge on any atom is 0.119 e. The van der Waals surface area contributed by atoms with Crippen molar-refractivity contribution < 1.29 is 4.74 Å². The maximum atomic E-state index is 5.21. The molecule has 1 heteroatoms. The molecule has 0 aromatic heterocycles. The molecule has 0 radical (unpaired) electrons. The average molecular weight is 274 g/mol. The summed E-state index contributed by atoms with van der Waals surface area (Å²) in [5.74, 6) is 2.94. The lowest BCUT2D eigenvalue weighted by Crippen LogP contribution is -2.30. The number of rotatable bonds is 2. The van der Waals surface area contributed by atoms with E-state index in [2.05, 4.69) is 27.7 Å². The number of hydrogen-bond acceptors (Lipinski definition) is 1. The van der Waals surface area contributed by atoms with Gasteiger partial charge in [0.15, 0.2) is 0 Å². The molecule has 0 heterocycles. The van der Waals surface area contributed by atoms with Crippen molar-refractivity contribution >= 4 is 0 Å². The van der Waals surface area contributed by atoms with Crippen LogP contribution in [0, 0.1) is 22.7 Å². The van der Waals surface area contributed by atoms with Crippen molar-refractivity contribution in [3.05, 3.63) is 30.3 Å². The second-order valence-electron chi connectivity index (χ2n) is 7.26. The minimum atomic E-state index is 0.631. The molecule has 0 saturated heterocycles. The molecule has 0 aliphatic heterocycles. The van der Waals surface area contributed by atoms with E-state index < -0.39 is 0 Å². The van der Waals surface area contributed by atoms with Gasteiger partial charge in [-0.3, -0.25) is 0 Å². The third-order valence-electron chi connectivity index (χ3n) is 6.28. The number of ether oxygens (including phenoxy) is 1. The van der Waals surface area contributed by atoms with Crippen molar-refractivity contribution in [1.82, 2.24) is 0 Å². The maximum absolute atomic E-state index is 5.21. The standard InChI is InChI=1S/C11H20.C8H10O/c1-8-7-9-5-6-11(8,4)10(9,2)3;1-2-9-8-6-4-3-5-7-8/h8-9H,5-7H2,1-4H3;3-7H,2H2,1H3. The highest BCUT2D eigenvalue weighted by atomic mass is 16.5. The van der Waals surface area contributed by atoms with E-state index in [1.54, 1.807) is 0 Å². The van der Waals surface area contributed by atoms with Crippen molar-refractivity contribution in [3.8, 4) is 5.75 Å². The molecular formula is C19H30O. The second-order valence-corrected chi connectivity index (χ2v) is 7.26. The van der Waals surface area contributed by atoms with Crippen LogP contribution in [0.25, 0.3) is 0 Å². The molecule has 0 N–H and O–H groups in total. The lowest BCUT2D eigenvalue weighted by molar-refractivity contribution is 0.112. The van der Waals surface area contributed by atoms with Gasteiger partial charge in [0.25, 0.3) is 0 Å². The normalized spacial score (nSPS) is 33.5. The van der Waals surface area contributed by atoms with Gasteiger partial charge < -0.3 is 4.74 Å². The van der Waals surface area contributed by atoms with Crippen LogP contribution in [-0.2, 0) is 0 Å². The molecule has 2 bridgehead atoms. The van der Waals surface area contributed by atoms with E-state index >= 15 is 0 Å². The third kappa shape index (κ3) is 2.60. The first-order chi connectivity index (χ1) is 9.41. The van der Waals surface area contributed by atoms with Crippen molar-refractivity contribution in [2.24, 2.45) is 22.7 Å². The predicted molar refractivity (Wildman–Crippen MR) is 86.0 cm³/mol. The highest BCUT2D eigenvalue weighted by Gasteiger charge is 2.59. The number of hydrogen-bond donors (Lipinski definition) is 0. The number of benzene rings is 1. The van der Waals surface area contributed by atoms with Gasteiger partial charge in [0.05, 0.1) is 6.61 Å². The van der Waals surface area contributed by atoms with E-state index in [1.165, 1.54) is 19.3 Å². The van der Waals surface area contributed by atoms with Crippen molar-refractivity contribution in [2.45, 2.75) is 53.9 Å². The molecule has 0 spiro atoms. The largest absolute Gasteiger partial charge is 0.494 e. The highest BCUT2D eigenvalue weighted by molar-refractivity contribution is 5.20. The molecule has 1 nitrogen and oxygen atoms in total. The molecule has 3 atom stereocenters. The Morgan fingerprint density at radius 2 is 1.80 bits per heavy atom. The molecule has 0 amide bonds. The fraction of sp³-hybridized carbons (Fsp3) is 0.684. The van der Waals surface area contributed by atoms with Gasteiger partial charge in [-0.25, -0.2) is 0 Å². The SMILES string of the molecule is CC1CC2CCC1(C)C2(C)C.CCOc1ccccc1. The molecule has 112 valence electrons. The average Bonchev–Trinajstić information content (AvgIpc) is 2.74. The monoisotopic (exact) mass is 274 g/mol. The van der Waals surface area contributed by atoms with E-state index in [9.17, 15) is 0 Å². The predicted octanol–water partition coefficient (Wildman–Crippen LogP) is 5.55. The van der Waals surface area contributed by atoms with Crippen molar-refractivity contribution in [2.75, 3.05) is 6.61 Å². The minimum absolute atomic E-state index is 0.631. The summed E-state index contributed by atoms with van der Waals surface area (Å²) < 4.78 is 5.21. The van der Waals surface area contributed by atoms with Crippen LogP contribution in [0.1, 0.15) is 53.9 Å². The first-order valence-electron chi connectivity index (χ1n) is 8.09. The van der Waals surface area contributed by atoms with Crippen LogP contribution in [-0.4, -0.2) is 6.61 Å². The Labute approximate surface area is 124 Å². The molecule has 3 unspecified atom stereocenters. The first-order valence-corrected chi connectivity index (χ1v) is 8.09. The van der Waals surface area contributed by atoms with Crippen LogP contribution in [0.4, 0.5) is 0 Å². The van der Waals surface area contributed by atoms with E-state index in [0.29, 0.717) is 10.8 Å². The summed E-state index contributed by atoms with van der Waals surface area (Å²) in [7, 11) is 0. The molecule has 2 saturated carbocycles. The van der Waals surface area contributed by atoms with Gasteiger partial charge >= 0.3 is 0 Å². The van der Waals surface area contributed by atoms with E-state index in [-0.39, 0.29) is 0 Å². The molecule has 1 aromatic carbocycles. The molecule has 2 fully saturated rings. The molecule has 2 aliphatic carbocycles. The number of fused-ring (bicyclic) bond motifs is 2. The zero-order chi connectivity index (χ0) is 14.8. The summed E-state index contributed by atoms with van der Waals surface area (Å²) in [5, 5.41) is 0. The van der Waals surface area contributed by atoms with E-state index in [4.69, 9.17) is 4.74 Å². The third-order valence-corrected chi connectivity index (χ3v) is 6.28. The Bertz CT molecular complexity index is 423. The zero-order valence-corrected chi connectivity index (χ0v) is 13.8. The molecule has 1 aromatic rings. The topological polar surface area (TPSA) is 9.23 Å². The van der Waals surface area contributed by atoms with Crippen LogP contribution >= 0.6 is 0 Å². The lowest BCUT2D eigenvalue weighted by atomic mass is 9.67. The summed E-state index contributed by atoms with van der Waals surface area (Å²) in [5.41, 5.74) is 1.30. The van der Waals surface area contributed by atoms with Crippen molar-refractivity contribution in [1.29, 1.82) is 0 Å². The minimum Gasteiger partial charge on any atom is -0.494 e. The molecule has 3 rings (SSSR count). The summed E-state index contributed by atoms with van der Waals surface area (Å²) in [4.78, 5) is 0. The summed E-state index contributed by atoms with van der Waals surface area (Å²) >= 11 is 0. The van der Waals surface area contributed by atoms with Crippen LogP contribution < -0.4 is 4.74 Å². The number of para-hydroxylation sites is 1. The first kappa shape index (κ1) is 15.4. The van der Waals surface area contributed by atoms with Gasteiger partial charge in [0.2, 0.25) is 0 Å². The molecular weight excluding hydrogens is 244 g/mol. The molecule has 20 heavy (non-hydrogen) atoms.